The van der Waals surface area contributed by atoms with Crippen LogP contribution in [-0.4, -0.2) is 18.7 Å². The molecule has 2 heteroatoms. The third kappa shape index (κ3) is 3.56. The summed E-state index contributed by atoms with van der Waals surface area (Å²) in [6.07, 6.45) is 0. The molecule has 1 saturated heterocycles. The lowest BCUT2D eigenvalue weighted by Crippen LogP contribution is -2.20. The summed E-state index contributed by atoms with van der Waals surface area (Å²) in [6, 6.07) is 8.11. The van der Waals surface area contributed by atoms with Crippen LogP contribution < -0.4 is 10.1 Å². The molecule has 84 valence electrons. The van der Waals surface area contributed by atoms with Crippen molar-refractivity contribution in [3.8, 4) is 5.75 Å². The van der Waals surface area contributed by atoms with Crippen LogP contribution in [0.4, 0.5) is 0 Å². The molecule has 0 bridgehead atoms. The Hall–Kier alpha value is -1.02. The fraction of sp³-hybridized carbons (Fsp3) is 0.538. The highest BCUT2D eigenvalue weighted by Gasteiger charge is 2.37. The van der Waals surface area contributed by atoms with Crippen molar-refractivity contribution in [2.45, 2.75) is 33.2 Å². The predicted octanol–water partition coefficient (Wildman–Crippen LogP) is 2.76. The van der Waals surface area contributed by atoms with Gasteiger partial charge in [-0.1, -0.05) is 32.0 Å². The van der Waals surface area contributed by atoms with Gasteiger partial charge in [0, 0.05) is 6.54 Å². The SMILES string of the molecule is CC.Cc1ccccc1OCC1(C)CN1. The molecule has 1 aliphatic rings. The van der Waals surface area contributed by atoms with E-state index in [0.717, 1.165) is 18.9 Å². The monoisotopic (exact) mass is 207 g/mol. The lowest BCUT2D eigenvalue weighted by Gasteiger charge is -2.11. The molecule has 1 unspecified atom stereocenters. The maximum atomic E-state index is 5.70. The summed E-state index contributed by atoms with van der Waals surface area (Å²) in [4.78, 5) is 0. The lowest BCUT2D eigenvalue weighted by atomic mass is 10.2. The summed E-state index contributed by atoms with van der Waals surface area (Å²) in [7, 11) is 0. The van der Waals surface area contributed by atoms with Gasteiger partial charge in [0.05, 0.1) is 5.54 Å². The van der Waals surface area contributed by atoms with Crippen molar-refractivity contribution in [3.05, 3.63) is 29.8 Å². The lowest BCUT2D eigenvalue weighted by molar-refractivity contribution is 0.281. The highest BCUT2D eigenvalue weighted by atomic mass is 16.5. The molecule has 1 atom stereocenters. The van der Waals surface area contributed by atoms with Crippen molar-refractivity contribution < 1.29 is 4.74 Å². The van der Waals surface area contributed by atoms with Crippen molar-refractivity contribution in [1.82, 2.24) is 5.32 Å². The average Bonchev–Trinajstić information content (AvgIpc) is 2.99. The molecule has 1 N–H and O–H groups in total. The maximum absolute atomic E-state index is 5.70. The Morgan fingerprint density at radius 2 is 1.93 bits per heavy atom. The summed E-state index contributed by atoms with van der Waals surface area (Å²) in [5.74, 6) is 0.998. The van der Waals surface area contributed by atoms with E-state index in [1.54, 1.807) is 0 Å². The van der Waals surface area contributed by atoms with Crippen molar-refractivity contribution in [2.75, 3.05) is 13.2 Å². The molecular weight excluding hydrogens is 186 g/mol. The zero-order valence-corrected chi connectivity index (χ0v) is 10.1. The zero-order valence-electron chi connectivity index (χ0n) is 10.1. The molecule has 1 heterocycles. The van der Waals surface area contributed by atoms with E-state index < -0.39 is 0 Å². The standard InChI is InChI=1S/C11H15NO.C2H6/c1-9-5-3-4-6-10(9)13-8-11(2)7-12-11;1-2/h3-6,12H,7-8H2,1-2H3;1-2H3. The molecule has 0 aliphatic carbocycles. The summed E-state index contributed by atoms with van der Waals surface area (Å²) >= 11 is 0. The fourth-order valence-electron chi connectivity index (χ4n) is 1.21. The molecule has 0 spiro atoms. The molecule has 2 rings (SSSR count). The Balaban J connectivity index is 0.000000531. The average molecular weight is 207 g/mol. The van der Waals surface area contributed by atoms with Crippen molar-refractivity contribution in [2.24, 2.45) is 0 Å². The van der Waals surface area contributed by atoms with Gasteiger partial charge in [-0.2, -0.15) is 0 Å². The number of para-hydroxylation sites is 1. The van der Waals surface area contributed by atoms with E-state index in [1.165, 1.54) is 5.56 Å². The van der Waals surface area contributed by atoms with Crippen LogP contribution in [0.15, 0.2) is 24.3 Å². The number of hydrogen-bond acceptors (Lipinski definition) is 2. The maximum Gasteiger partial charge on any atom is 0.122 e. The van der Waals surface area contributed by atoms with Gasteiger partial charge in [0.1, 0.15) is 12.4 Å². The molecule has 0 amide bonds. The normalized spacial score (nSPS) is 22.7. The minimum atomic E-state index is 0.224. The van der Waals surface area contributed by atoms with E-state index >= 15 is 0 Å². The van der Waals surface area contributed by atoms with Crippen LogP contribution in [0.1, 0.15) is 26.3 Å². The number of benzene rings is 1. The van der Waals surface area contributed by atoms with E-state index in [-0.39, 0.29) is 5.54 Å². The topological polar surface area (TPSA) is 31.2 Å². The van der Waals surface area contributed by atoms with Gasteiger partial charge in [-0.05, 0) is 25.5 Å². The molecule has 1 aromatic carbocycles. The Kier molecular flexibility index (Phi) is 4.15. The van der Waals surface area contributed by atoms with Gasteiger partial charge in [-0.15, -0.1) is 0 Å². The minimum absolute atomic E-state index is 0.224. The second kappa shape index (κ2) is 5.17. The minimum Gasteiger partial charge on any atom is -0.491 e. The Morgan fingerprint density at radius 1 is 1.33 bits per heavy atom. The molecule has 1 aromatic rings. The largest absolute Gasteiger partial charge is 0.491 e. The number of aryl methyl sites for hydroxylation is 1. The third-order valence-corrected chi connectivity index (χ3v) is 2.42. The Morgan fingerprint density at radius 3 is 2.47 bits per heavy atom. The quantitative estimate of drug-likeness (QED) is 0.773. The molecule has 0 saturated carbocycles. The molecule has 0 radical (unpaired) electrons. The second-order valence-electron chi connectivity index (χ2n) is 3.97. The van der Waals surface area contributed by atoms with Crippen LogP contribution in [-0.2, 0) is 0 Å². The number of nitrogens with one attached hydrogen (secondary N) is 1. The third-order valence-electron chi connectivity index (χ3n) is 2.42. The predicted molar refractivity (Wildman–Crippen MR) is 64.4 cm³/mol. The summed E-state index contributed by atoms with van der Waals surface area (Å²) < 4.78 is 5.70. The van der Waals surface area contributed by atoms with Gasteiger partial charge in [0.15, 0.2) is 0 Å². The molecular formula is C13H21NO. The first kappa shape index (κ1) is 12.1. The summed E-state index contributed by atoms with van der Waals surface area (Å²) in [5.41, 5.74) is 1.43. The highest BCUT2D eigenvalue weighted by molar-refractivity contribution is 5.32. The van der Waals surface area contributed by atoms with Gasteiger partial charge in [0.25, 0.3) is 0 Å². The highest BCUT2D eigenvalue weighted by Crippen LogP contribution is 2.21. The summed E-state index contributed by atoms with van der Waals surface area (Å²) in [5, 5.41) is 3.28. The van der Waals surface area contributed by atoms with E-state index in [4.69, 9.17) is 4.74 Å². The number of ether oxygens (including phenoxy) is 1. The van der Waals surface area contributed by atoms with E-state index in [2.05, 4.69) is 25.2 Å². The van der Waals surface area contributed by atoms with E-state index in [9.17, 15) is 0 Å². The number of rotatable bonds is 3. The van der Waals surface area contributed by atoms with E-state index in [0.29, 0.717) is 0 Å². The van der Waals surface area contributed by atoms with Crippen molar-refractivity contribution in [1.29, 1.82) is 0 Å². The summed E-state index contributed by atoms with van der Waals surface area (Å²) in [6.45, 7) is 10.1. The van der Waals surface area contributed by atoms with Gasteiger partial charge in [0.2, 0.25) is 0 Å². The van der Waals surface area contributed by atoms with Gasteiger partial charge in [-0.3, -0.25) is 0 Å². The molecule has 15 heavy (non-hydrogen) atoms. The Labute approximate surface area is 92.6 Å². The van der Waals surface area contributed by atoms with Crippen molar-refractivity contribution in [3.63, 3.8) is 0 Å². The first-order chi connectivity index (χ1) is 7.20. The van der Waals surface area contributed by atoms with Crippen LogP contribution >= 0.6 is 0 Å². The van der Waals surface area contributed by atoms with Gasteiger partial charge in [-0.25, -0.2) is 0 Å². The number of hydrogen-bond donors (Lipinski definition) is 1. The Bertz CT molecular complexity index is 305. The van der Waals surface area contributed by atoms with Crippen molar-refractivity contribution >= 4 is 0 Å². The second-order valence-corrected chi connectivity index (χ2v) is 3.97. The molecule has 1 aliphatic heterocycles. The van der Waals surface area contributed by atoms with E-state index in [1.807, 2.05) is 32.0 Å². The fourth-order valence-corrected chi connectivity index (χ4v) is 1.21. The van der Waals surface area contributed by atoms with Crippen LogP contribution in [0.2, 0.25) is 0 Å². The zero-order chi connectivity index (χ0) is 11.3. The van der Waals surface area contributed by atoms with Gasteiger partial charge >= 0.3 is 0 Å². The molecule has 2 nitrogen and oxygen atoms in total. The smallest absolute Gasteiger partial charge is 0.122 e. The van der Waals surface area contributed by atoms with Crippen LogP contribution in [0, 0.1) is 6.92 Å². The van der Waals surface area contributed by atoms with Gasteiger partial charge < -0.3 is 10.1 Å². The molecule has 1 fully saturated rings. The van der Waals surface area contributed by atoms with Crippen LogP contribution in [0.3, 0.4) is 0 Å². The molecule has 0 aromatic heterocycles. The van der Waals surface area contributed by atoms with Crippen LogP contribution in [0.25, 0.3) is 0 Å². The first-order valence-corrected chi connectivity index (χ1v) is 5.63. The first-order valence-electron chi connectivity index (χ1n) is 5.63. The van der Waals surface area contributed by atoms with Crippen LogP contribution in [0.5, 0.6) is 5.75 Å².